The number of aryl methyl sites for hydroxylation is 2. The second-order valence-corrected chi connectivity index (χ2v) is 7.81. The van der Waals surface area contributed by atoms with Gasteiger partial charge in [-0.25, -0.2) is 4.98 Å². The standard InChI is InChI=1S/C19H21N5O2S/c1-12-5-3-6-14(9-12)11-20-17(26)15-7-4-8-23(15)19-22-24-16(25)10-13(2)21-18(24)27-19/h3,5-6,9-10,15H,4,7-8,11H2,1-2H3,(H,20,26). The van der Waals surface area contributed by atoms with E-state index in [9.17, 15) is 9.59 Å². The van der Waals surface area contributed by atoms with Crippen LogP contribution in [0.5, 0.6) is 0 Å². The molecule has 7 nitrogen and oxygen atoms in total. The molecule has 4 rings (SSSR count). The molecule has 0 spiro atoms. The summed E-state index contributed by atoms with van der Waals surface area (Å²) in [6.45, 7) is 5.08. The summed E-state index contributed by atoms with van der Waals surface area (Å²) in [5.74, 6) is -0.00949. The van der Waals surface area contributed by atoms with E-state index in [1.807, 2.05) is 30.0 Å². The van der Waals surface area contributed by atoms with Crippen LogP contribution in [-0.2, 0) is 11.3 Å². The number of hydrogen-bond acceptors (Lipinski definition) is 6. The third kappa shape index (κ3) is 3.57. The molecular weight excluding hydrogens is 362 g/mol. The van der Waals surface area contributed by atoms with Gasteiger partial charge in [0.05, 0.1) is 0 Å². The topological polar surface area (TPSA) is 79.6 Å². The number of carbonyl (C=O) groups is 1. The van der Waals surface area contributed by atoms with Crippen molar-refractivity contribution in [3.8, 4) is 0 Å². The van der Waals surface area contributed by atoms with Gasteiger partial charge >= 0.3 is 0 Å². The molecule has 8 heteroatoms. The predicted octanol–water partition coefficient (Wildman–Crippen LogP) is 2.05. The molecule has 1 atom stereocenters. The molecule has 1 aliphatic heterocycles. The summed E-state index contributed by atoms with van der Waals surface area (Å²) in [7, 11) is 0. The fourth-order valence-corrected chi connectivity index (χ4v) is 4.45. The Balaban J connectivity index is 1.52. The number of hydrogen-bond donors (Lipinski definition) is 1. The highest BCUT2D eigenvalue weighted by Gasteiger charge is 2.33. The van der Waals surface area contributed by atoms with Gasteiger partial charge in [0.15, 0.2) is 0 Å². The van der Waals surface area contributed by atoms with E-state index in [1.165, 1.54) is 27.5 Å². The van der Waals surface area contributed by atoms with E-state index in [2.05, 4.69) is 21.5 Å². The summed E-state index contributed by atoms with van der Waals surface area (Å²) < 4.78 is 1.31. The second-order valence-electron chi connectivity index (χ2n) is 6.87. The average Bonchev–Trinajstić information content (AvgIpc) is 3.26. The molecule has 1 saturated heterocycles. The highest BCUT2D eigenvalue weighted by molar-refractivity contribution is 7.20. The van der Waals surface area contributed by atoms with Crippen molar-refractivity contribution < 1.29 is 4.79 Å². The van der Waals surface area contributed by atoms with Crippen molar-refractivity contribution in [2.24, 2.45) is 0 Å². The van der Waals surface area contributed by atoms with E-state index >= 15 is 0 Å². The van der Waals surface area contributed by atoms with Gasteiger partial charge in [-0.05, 0) is 32.3 Å². The minimum Gasteiger partial charge on any atom is -0.350 e. The zero-order chi connectivity index (χ0) is 19.0. The molecule has 1 N–H and O–H groups in total. The summed E-state index contributed by atoms with van der Waals surface area (Å²) in [6, 6.07) is 9.30. The summed E-state index contributed by atoms with van der Waals surface area (Å²) >= 11 is 1.35. The first kappa shape index (κ1) is 17.7. The van der Waals surface area contributed by atoms with Crippen molar-refractivity contribution in [2.75, 3.05) is 11.4 Å². The van der Waals surface area contributed by atoms with E-state index < -0.39 is 0 Å². The fraction of sp³-hybridized carbons (Fsp3) is 0.368. The molecule has 0 aliphatic carbocycles. The van der Waals surface area contributed by atoms with Crippen molar-refractivity contribution in [3.05, 3.63) is 57.5 Å². The lowest BCUT2D eigenvalue weighted by atomic mass is 10.1. The Bertz CT molecular complexity index is 1060. The van der Waals surface area contributed by atoms with Crippen molar-refractivity contribution in [1.82, 2.24) is 19.9 Å². The minimum atomic E-state index is -0.271. The second kappa shape index (κ2) is 7.11. The van der Waals surface area contributed by atoms with Gasteiger partial charge in [0, 0.05) is 24.8 Å². The van der Waals surface area contributed by atoms with Gasteiger partial charge in [-0.15, -0.1) is 5.10 Å². The highest BCUT2D eigenvalue weighted by atomic mass is 32.1. The lowest BCUT2D eigenvalue weighted by molar-refractivity contribution is -0.122. The van der Waals surface area contributed by atoms with Gasteiger partial charge in [-0.3, -0.25) is 9.59 Å². The van der Waals surface area contributed by atoms with Crippen molar-refractivity contribution in [1.29, 1.82) is 0 Å². The first-order valence-corrected chi connectivity index (χ1v) is 9.80. The highest BCUT2D eigenvalue weighted by Crippen LogP contribution is 2.29. The van der Waals surface area contributed by atoms with E-state index in [1.54, 1.807) is 6.92 Å². The normalized spacial score (nSPS) is 16.8. The first-order valence-electron chi connectivity index (χ1n) is 8.99. The summed E-state index contributed by atoms with van der Waals surface area (Å²) in [4.78, 5) is 31.8. The van der Waals surface area contributed by atoms with Crippen LogP contribution >= 0.6 is 11.3 Å². The molecule has 3 heterocycles. The third-order valence-corrected chi connectivity index (χ3v) is 5.66. The number of nitrogens with zero attached hydrogens (tertiary/aromatic N) is 4. The largest absolute Gasteiger partial charge is 0.350 e. The van der Waals surface area contributed by atoms with Gasteiger partial charge in [-0.2, -0.15) is 4.52 Å². The van der Waals surface area contributed by atoms with Gasteiger partial charge in [-0.1, -0.05) is 41.2 Å². The van der Waals surface area contributed by atoms with Crippen LogP contribution in [-0.4, -0.2) is 33.1 Å². The van der Waals surface area contributed by atoms with E-state index in [4.69, 9.17) is 0 Å². The van der Waals surface area contributed by atoms with Crippen LogP contribution < -0.4 is 15.8 Å². The molecule has 2 aromatic heterocycles. The maximum atomic E-state index is 12.8. The Morgan fingerprint density at radius 2 is 2.19 bits per heavy atom. The van der Waals surface area contributed by atoms with Crippen LogP contribution in [0.3, 0.4) is 0 Å². The number of benzene rings is 1. The van der Waals surface area contributed by atoms with Gasteiger partial charge in [0.1, 0.15) is 6.04 Å². The molecule has 27 heavy (non-hydrogen) atoms. The Kier molecular flexibility index (Phi) is 4.65. The van der Waals surface area contributed by atoms with Crippen LogP contribution in [0.4, 0.5) is 5.13 Å². The Morgan fingerprint density at radius 3 is 3.00 bits per heavy atom. The molecule has 1 aliphatic rings. The van der Waals surface area contributed by atoms with Crippen LogP contribution in [0.25, 0.3) is 4.96 Å². The Labute approximate surface area is 160 Å². The summed E-state index contributed by atoms with van der Waals surface area (Å²) in [6.07, 6.45) is 1.69. The van der Waals surface area contributed by atoms with Gasteiger partial charge in [0.25, 0.3) is 5.56 Å². The third-order valence-electron chi connectivity index (χ3n) is 4.71. The zero-order valence-corrected chi connectivity index (χ0v) is 16.1. The van der Waals surface area contributed by atoms with Crippen molar-refractivity contribution >= 4 is 27.3 Å². The van der Waals surface area contributed by atoms with E-state index in [-0.39, 0.29) is 17.5 Å². The molecule has 0 saturated carbocycles. The number of anilines is 1. The summed E-state index contributed by atoms with van der Waals surface area (Å²) in [5.41, 5.74) is 2.73. The molecule has 1 amide bonds. The van der Waals surface area contributed by atoms with Crippen LogP contribution in [0.15, 0.2) is 35.1 Å². The minimum absolute atomic E-state index is 0.00949. The monoisotopic (exact) mass is 383 g/mol. The maximum absolute atomic E-state index is 12.8. The molecule has 1 aromatic carbocycles. The first-order chi connectivity index (χ1) is 13.0. The lowest BCUT2D eigenvalue weighted by Crippen LogP contribution is -2.43. The van der Waals surface area contributed by atoms with Crippen LogP contribution in [0.2, 0.25) is 0 Å². The molecule has 140 valence electrons. The van der Waals surface area contributed by atoms with Crippen LogP contribution in [0, 0.1) is 13.8 Å². The SMILES string of the molecule is Cc1cccc(CNC(=O)C2CCCN2c2nn3c(=O)cc(C)nc3s2)c1. The molecule has 0 radical (unpaired) electrons. The Morgan fingerprint density at radius 1 is 1.33 bits per heavy atom. The van der Waals surface area contributed by atoms with E-state index in [0.29, 0.717) is 22.3 Å². The van der Waals surface area contributed by atoms with E-state index in [0.717, 1.165) is 24.9 Å². The van der Waals surface area contributed by atoms with Gasteiger partial charge in [0.2, 0.25) is 16.0 Å². The molecule has 1 unspecified atom stereocenters. The summed E-state index contributed by atoms with van der Waals surface area (Å²) in [5, 5.41) is 8.10. The molecule has 1 fully saturated rings. The quantitative estimate of drug-likeness (QED) is 0.746. The molecule has 3 aromatic rings. The zero-order valence-electron chi connectivity index (χ0n) is 15.3. The number of amides is 1. The van der Waals surface area contributed by atoms with Crippen molar-refractivity contribution in [3.63, 3.8) is 0 Å². The maximum Gasteiger partial charge on any atom is 0.275 e. The Hall–Kier alpha value is -2.74. The number of nitrogens with one attached hydrogen (secondary N) is 1. The number of fused-ring (bicyclic) bond motifs is 1. The number of carbonyl (C=O) groups excluding carboxylic acids is 1. The molecular formula is C19H21N5O2S. The van der Waals surface area contributed by atoms with Crippen molar-refractivity contribution in [2.45, 2.75) is 39.3 Å². The average molecular weight is 383 g/mol. The fourth-order valence-electron chi connectivity index (χ4n) is 3.42. The lowest BCUT2D eigenvalue weighted by Gasteiger charge is -2.22. The number of aromatic nitrogens is 3. The van der Waals surface area contributed by atoms with Crippen LogP contribution in [0.1, 0.15) is 29.7 Å². The molecule has 0 bridgehead atoms. The number of rotatable bonds is 4. The smallest absolute Gasteiger partial charge is 0.275 e. The van der Waals surface area contributed by atoms with Gasteiger partial charge < -0.3 is 10.2 Å². The predicted molar refractivity (Wildman–Crippen MR) is 105 cm³/mol.